The number of fused-ring (bicyclic) bond motifs is 1. The zero-order valence-electron chi connectivity index (χ0n) is 22.4. The van der Waals surface area contributed by atoms with Crippen molar-refractivity contribution in [3.63, 3.8) is 0 Å². The van der Waals surface area contributed by atoms with E-state index in [1.807, 2.05) is 67.6 Å². The van der Waals surface area contributed by atoms with Crippen LogP contribution in [0.5, 0.6) is 11.5 Å². The first kappa shape index (κ1) is 25.6. The summed E-state index contributed by atoms with van der Waals surface area (Å²) in [4.78, 5) is 28.5. The number of ketones is 1. The minimum atomic E-state index is -0.752. The molecule has 6 nitrogen and oxygen atoms in total. The van der Waals surface area contributed by atoms with E-state index in [0.717, 1.165) is 34.4 Å². The summed E-state index contributed by atoms with van der Waals surface area (Å²) in [6.07, 6.45) is 0.770. The van der Waals surface area contributed by atoms with Gasteiger partial charge in [-0.1, -0.05) is 63.2 Å². The molecule has 38 heavy (non-hydrogen) atoms. The quantitative estimate of drug-likeness (QED) is 0.261. The molecule has 2 aliphatic rings. The Hall–Kier alpha value is -4.06. The highest BCUT2D eigenvalue weighted by Crippen LogP contribution is 2.42. The average Bonchev–Trinajstić information content (AvgIpc) is 3.39. The van der Waals surface area contributed by atoms with E-state index in [-0.39, 0.29) is 29.4 Å². The molecular formula is C32H33NO5. The Kier molecular flexibility index (Phi) is 6.51. The smallest absolute Gasteiger partial charge is 0.295 e. The van der Waals surface area contributed by atoms with Gasteiger partial charge in [-0.3, -0.25) is 9.59 Å². The highest BCUT2D eigenvalue weighted by Gasteiger charge is 2.46. The molecule has 1 fully saturated rings. The second-order valence-electron chi connectivity index (χ2n) is 11.1. The summed E-state index contributed by atoms with van der Waals surface area (Å²) in [5, 5.41) is 11.5. The van der Waals surface area contributed by atoms with Crippen molar-refractivity contribution in [1.29, 1.82) is 0 Å². The van der Waals surface area contributed by atoms with Crippen molar-refractivity contribution in [3.05, 3.63) is 100 Å². The van der Waals surface area contributed by atoms with Gasteiger partial charge < -0.3 is 19.5 Å². The van der Waals surface area contributed by atoms with Gasteiger partial charge in [0.05, 0.1) is 25.3 Å². The van der Waals surface area contributed by atoms with E-state index in [2.05, 4.69) is 20.8 Å². The first-order valence-corrected chi connectivity index (χ1v) is 12.9. The number of hydrogen-bond donors (Lipinski definition) is 1. The van der Waals surface area contributed by atoms with Gasteiger partial charge in [-0.25, -0.2) is 0 Å². The number of likely N-dealkylation sites (tertiary alicyclic amines) is 1. The highest BCUT2D eigenvalue weighted by molar-refractivity contribution is 6.46. The van der Waals surface area contributed by atoms with Crippen molar-refractivity contribution in [2.75, 3.05) is 7.11 Å². The van der Waals surface area contributed by atoms with Crippen LogP contribution in [0, 0.1) is 0 Å². The van der Waals surface area contributed by atoms with Crippen molar-refractivity contribution in [3.8, 4) is 11.5 Å². The van der Waals surface area contributed by atoms with Gasteiger partial charge in [-0.2, -0.15) is 0 Å². The van der Waals surface area contributed by atoms with Crippen molar-refractivity contribution in [1.82, 2.24) is 4.90 Å². The molecule has 2 unspecified atom stereocenters. The SMILES string of the molecule is COc1ccccc1CN1C(=O)C(=O)/C(=C(\O)c2ccc3c(c2)CC(C)O3)C1c1ccc(C(C)(C)C)cc1. The number of aliphatic hydroxyl groups excluding tert-OH is 1. The number of methoxy groups -OCH3 is 1. The Morgan fingerprint density at radius 2 is 1.76 bits per heavy atom. The van der Waals surface area contributed by atoms with Crippen LogP contribution in [0.3, 0.4) is 0 Å². The monoisotopic (exact) mass is 511 g/mol. The largest absolute Gasteiger partial charge is 0.507 e. The first-order valence-electron chi connectivity index (χ1n) is 12.9. The van der Waals surface area contributed by atoms with Gasteiger partial charge in [0.2, 0.25) is 0 Å². The van der Waals surface area contributed by atoms with Crippen molar-refractivity contribution in [2.24, 2.45) is 0 Å². The van der Waals surface area contributed by atoms with Crippen LogP contribution < -0.4 is 9.47 Å². The summed E-state index contributed by atoms with van der Waals surface area (Å²) in [7, 11) is 1.58. The molecule has 1 amide bonds. The predicted octanol–water partition coefficient (Wildman–Crippen LogP) is 5.94. The molecule has 0 bridgehead atoms. The van der Waals surface area contributed by atoms with Crippen LogP contribution in [-0.2, 0) is 28.0 Å². The molecule has 6 heteroatoms. The van der Waals surface area contributed by atoms with E-state index in [1.165, 1.54) is 4.90 Å². The highest BCUT2D eigenvalue weighted by atomic mass is 16.5. The number of benzene rings is 3. The second kappa shape index (κ2) is 9.67. The summed E-state index contributed by atoms with van der Waals surface area (Å²) >= 11 is 0. The zero-order valence-corrected chi connectivity index (χ0v) is 22.4. The second-order valence-corrected chi connectivity index (χ2v) is 11.1. The molecule has 1 saturated heterocycles. The maximum absolute atomic E-state index is 13.5. The molecule has 0 saturated carbocycles. The van der Waals surface area contributed by atoms with Gasteiger partial charge >= 0.3 is 0 Å². The molecule has 3 aromatic rings. The fourth-order valence-electron chi connectivity index (χ4n) is 5.30. The predicted molar refractivity (Wildman–Crippen MR) is 146 cm³/mol. The summed E-state index contributed by atoms with van der Waals surface area (Å²) in [5.74, 6) is -0.130. The number of amides is 1. The van der Waals surface area contributed by atoms with E-state index >= 15 is 0 Å². The Balaban J connectivity index is 1.64. The van der Waals surface area contributed by atoms with Crippen LogP contribution in [0.4, 0.5) is 0 Å². The van der Waals surface area contributed by atoms with Crippen LogP contribution in [0.15, 0.2) is 72.3 Å². The Morgan fingerprint density at radius 1 is 1.05 bits per heavy atom. The molecule has 1 N–H and O–H groups in total. The molecule has 0 spiro atoms. The van der Waals surface area contributed by atoms with E-state index in [9.17, 15) is 14.7 Å². The van der Waals surface area contributed by atoms with Gasteiger partial charge in [0.1, 0.15) is 23.4 Å². The van der Waals surface area contributed by atoms with Gasteiger partial charge in [-0.05, 0) is 53.3 Å². The molecule has 5 rings (SSSR count). The number of aliphatic hydroxyl groups is 1. The van der Waals surface area contributed by atoms with Gasteiger partial charge in [-0.15, -0.1) is 0 Å². The number of carbonyl (C=O) groups is 2. The minimum absolute atomic E-state index is 0.0511. The number of para-hydroxylation sites is 1. The number of carbonyl (C=O) groups excluding carboxylic acids is 2. The standard InChI is InChI=1S/C32H33NO5/c1-19-16-23-17-21(12-15-26(23)38-19)29(34)27-28(20-10-13-24(14-11-20)32(2,3)4)33(31(36)30(27)35)18-22-8-6-7-9-25(22)37-5/h6-15,17,19,28,34H,16,18H2,1-5H3/b29-27-. The third-order valence-corrected chi connectivity index (χ3v) is 7.34. The van der Waals surface area contributed by atoms with Crippen LogP contribution in [0.2, 0.25) is 0 Å². The maximum Gasteiger partial charge on any atom is 0.295 e. The van der Waals surface area contributed by atoms with Crippen LogP contribution in [0.1, 0.15) is 61.6 Å². The zero-order chi connectivity index (χ0) is 27.2. The van der Waals surface area contributed by atoms with E-state index in [0.29, 0.717) is 11.3 Å². The number of nitrogens with zero attached hydrogens (tertiary/aromatic N) is 1. The number of hydrogen-bond acceptors (Lipinski definition) is 5. The van der Waals surface area contributed by atoms with Crippen LogP contribution in [0.25, 0.3) is 5.76 Å². The molecular weight excluding hydrogens is 478 g/mol. The molecule has 196 valence electrons. The summed E-state index contributed by atoms with van der Waals surface area (Å²) in [6, 6.07) is 20.0. The van der Waals surface area contributed by atoms with Crippen LogP contribution >= 0.6 is 0 Å². The molecule has 3 aromatic carbocycles. The molecule has 2 aliphatic heterocycles. The summed E-state index contributed by atoms with van der Waals surface area (Å²) in [6.45, 7) is 8.55. The molecule has 0 aromatic heterocycles. The average molecular weight is 512 g/mol. The van der Waals surface area contributed by atoms with Gasteiger partial charge in [0.15, 0.2) is 0 Å². The van der Waals surface area contributed by atoms with Gasteiger partial charge in [0, 0.05) is 17.5 Å². The summed E-state index contributed by atoms with van der Waals surface area (Å²) < 4.78 is 11.3. The van der Waals surface area contributed by atoms with E-state index < -0.39 is 17.7 Å². The fourth-order valence-corrected chi connectivity index (χ4v) is 5.30. The topological polar surface area (TPSA) is 76.1 Å². The normalized spacial score (nSPS) is 20.4. The lowest BCUT2D eigenvalue weighted by Gasteiger charge is -2.27. The van der Waals surface area contributed by atoms with Gasteiger partial charge in [0.25, 0.3) is 11.7 Å². The lowest BCUT2D eigenvalue weighted by molar-refractivity contribution is -0.140. The molecule has 2 heterocycles. The molecule has 0 radical (unpaired) electrons. The maximum atomic E-state index is 13.5. The van der Waals surface area contributed by atoms with Crippen molar-refractivity contribution >= 4 is 17.4 Å². The van der Waals surface area contributed by atoms with E-state index in [4.69, 9.17) is 9.47 Å². The fraction of sp³-hybridized carbons (Fsp3) is 0.312. The lowest BCUT2D eigenvalue weighted by Crippen LogP contribution is -2.29. The Bertz CT molecular complexity index is 1430. The number of rotatable bonds is 5. The first-order chi connectivity index (χ1) is 18.1. The van der Waals surface area contributed by atoms with Crippen molar-refractivity contribution in [2.45, 2.75) is 58.2 Å². The number of Topliss-reactive ketones (excluding diaryl/α,β-unsaturated/α-hetero) is 1. The van der Waals surface area contributed by atoms with Crippen LogP contribution in [-0.4, -0.2) is 34.9 Å². The third-order valence-electron chi connectivity index (χ3n) is 7.34. The van der Waals surface area contributed by atoms with E-state index in [1.54, 1.807) is 13.2 Å². The minimum Gasteiger partial charge on any atom is -0.507 e. The summed E-state index contributed by atoms with van der Waals surface area (Å²) in [5.41, 5.74) is 4.16. The lowest BCUT2D eigenvalue weighted by atomic mass is 9.85. The molecule has 0 aliphatic carbocycles. The third kappa shape index (κ3) is 4.55. The Morgan fingerprint density at radius 3 is 2.45 bits per heavy atom. The number of ether oxygens (including phenoxy) is 2. The molecule has 2 atom stereocenters. The Labute approximate surface area is 223 Å². The van der Waals surface area contributed by atoms with Crippen molar-refractivity contribution < 1.29 is 24.2 Å².